The fourth-order valence-corrected chi connectivity index (χ4v) is 2.97. The Morgan fingerprint density at radius 3 is 3.00 bits per heavy atom. The molecule has 0 amide bonds. The molecule has 3 rings (SSSR count). The maximum atomic E-state index is 9.80. The van der Waals surface area contributed by atoms with Crippen molar-refractivity contribution in [3.63, 3.8) is 0 Å². The normalized spacial score (nSPS) is 27.2. The molecule has 1 saturated heterocycles. The molecule has 9 heteroatoms. The number of rotatable bonds is 2. The molecule has 0 aromatic carbocycles. The summed E-state index contributed by atoms with van der Waals surface area (Å²) in [5.74, 6) is 0.305. The smallest absolute Gasteiger partial charge is 0.175 e. The third kappa shape index (κ3) is 2.06. The predicted molar refractivity (Wildman–Crippen MR) is 74.1 cm³/mol. The first-order valence-electron chi connectivity index (χ1n) is 5.70. The van der Waals surface area contributed by atoms with Crippen LogP contribution < -0.4 is 5.73 Å². The summed E-state index contributed by atoms with van der Waals surface area (Å²) < 4.78 is 8.02. The molecule has 1 aliphatic heterocycles. The molecule has 0 saturated carbocycles. The van der Waals surface area contributed by atoms with E-state index >= 15 is 0 Å². The van der Waals surface area contributed by atoms with Gasteiger partial charge in [-0.25, -0.2) is 15.0 Å². The van der Waals surface area contributed by atoms with E-state index in [1.165, 1.54) is 6.33 Å². The molecule has 0 radical (unpaired) electrons. The number of halogens is 1. The quantitative estimate of drug-likeness (QED) is 0.487. The number of aliphatic hydroxyl groups is 2. The first kappa shape index (κ1) is 13.0. The maximum Gasteiger partial charge on any atom is 0.175 e. The third-order valence-corrected chi connectivity index (χ3v) is 3.90. The number of nitrogens with two attached hydrogens (primary N) is 1. The molecule has 3 heterocycles. The molecule has 0 aliphatic carbocycles. The molecule has 2 aromatic rings. The minimum atomic E-state index is -0.706. The van der Waals surface area contributed by atoms with Crippen LogP contribution in [0, 0.1) is 3.83 Å². The molecule has 8 nitrogen and oxygen atoms in total. The lowest BCUT2D eigenvalue weighted by Crippen LogP contribution is -2.24. The highest BCUT2D eigenvalue weighted by Gasteiger charge is 2.36. The summed E-state index contributed by atoms with van der Waals surface area (Å²) in [7, 11) is 0. The van der Waals surface area contributed by atoms with Gasteiger partial charge in [0.05, 0.1) is 12.7 Å². The number of hydrogen-bond donors (Lipinski definition) is 3. The van der Waals surface area contributed by atoms with Gasteiger partial charge in [0.25, 0.3) is 0 Å². The maximum absolute atomic E-state index is 9.80. The van der Waals surface area contributed by atoms with E-state index in [1.807, 2.05) is 0 Å². The Hall–Kier alpha value is -1.04. The van der Waals surface area contributed by atoms with Gasteiger partial charge in [0, 0.05) is 29.0 Å². The van der Waals surface area contributed by atoms with Crippen LogP contribution in [0.2, 0.25) is 0 Å². The fourth-order valence-electron chi connectivity index (χ4n) is 2.19. The van der Waals surface area contributed by atoms with Crippen molar-refractivity contribution in [2.45, 2.75) is 24.9 Å². The monoisotopic (exact) mass is 373 g/mol. The number of aliphatic hydroxyl groups excluding tert-OH is 2. The van der Waals surface area contributed by atoms with Gasteiger partial charge in [-0.2, -0.15) is 0 Å². The van der Waals surface area contributed by atoms with Crippen molar-refractivity contribution in [3.8, 4) is 0 Å². The Bertz CT molecular complexity index is 618. The van der Waals surface area contributed by atoms with Crippen LogP contribution >= 0.6 is 22.6 Å². The van der Waals surface area contributed by atoms with E-state index in [2.05, 4.69) is 37.5 Å². The van der Waals surface area contributed by atoms with Crippen LogP contribution in [0.25, 0.3) is 11.2 Å². The van der Waals surface area contributed by atoms with Crippen LogP contribution in [0.15, 0.2) is 6.33 Å². The van der Waals surface area contributed by atoms with Crippen molar-refractivity contribution in [1.29, 1.82) is 0 Å². The summed E-state index contributed by atoms with van der Waals surface area (Å²) in [5.41, 5.74) is 6.83. The summed E-state index contributed by atoms with van der Waals surface area (Å²) in [4.78, 5) is 12.4. The summed E-state index contributed by atoms with van der Waals surface area (Å²) in [6.07, 6.45) is 0.0236. The summed E-state index contributed by atoms with van der Waals surface area (Å²) in [6, 6.07) is 0. The Morgan fingerprint density at radius 2 is 2.32 bits per heavy atom. The van der Waals surface area contributed by atoms with E-state index in [0.717, 1.165) is 0 Å². The molecule has 1 fully saturated rings. The van der Waals surface area contributed by atoms with Crippen LogP contribution in [-0.2, 0) is 4.74 Å². The van der Waals surface area contributed by atoms with Gasteiger partial charge in [-0.05, 0) is 0 Å². The number of nitrogens with zero attached hydrogens (tertiary/aromatic N) is 4. The Balaban J connectivity index is 2.06. The molecular weight excluding hydrogens is 361 g/mol. The van der Waals surface area contributed by atoms with E-state index < -0.39 is 18.4 Å². The van der Waals surface area contributed by atoms with Gasteiger partial charge >= 0.3 is 0 Å². The van der Waals surface area contributed by atoms with Gasteiger partial charge in [0.15, 0.2) is 20.8 Å². The molecule has 0 unspecified atom stereocenters. The van der Waals surface area contributed by atoms with Crippen molar-refractivity contribution in [3.05, 3.63) is 10.2 Å². The van der Waals surface area contributed by atoms with Gasteiger partial charge in [0.2, 0.25) is 0 Å². The number of fused-ring (bicyclic) bond motifs is 1. The number of hydrogen-bond acceptors (Lipinski definition) is 7. The van der Waals surface area contributed by atoms with Crippen molar-refractivity contribution in [1.82, 2.24) is 19.5 Å². The second-order valence-electron chi connectivity index (χ2n) is 4.30. The highest BCUT2D eigenvalue weighted by Crippen LogP contribution is 2.33. The largest absolute Gasteiger partial charge is 0.394 e. The lowest BCUT2D eigenvalue weighted by molar-refractivity contribution is -0.0440. The molecule has 0 spiro atoms. The Kier molecular flexibility index (Phi) is 3.28. The zero-order chi connectivity index (χ0) is 13.6. The summed E-state index contributed by atoms with van der Waals surface area (Å²) >= 11 is 2.05. The van der Waals surface area contributed by atoms with Crippen LogP contribution in [0.4, 0.5) is 5.82 Å². The Morgan fingerprint density at radius 1 is 1.53 bits per heavy atom. The first-order valence-corrected chi connectivity index (χ1v) is 6.78. The van der Waals surface area contributed by atoms with Crippen molar-refractivity contribution < 1.29 is 14.9 Å². The minimum absolute atomic E-state index is 0.224. The second kappa shape index (κ2) is 4.81. The third-order valence-electron chi connectivity index (χ3n) is 3.13. The lowest BCUT2D eigenvalue weighted by Gasteiger charge is -2.14. The van der Waals surface area contributed by atoms with Crippen LogP contribution in [0.3, 0.4) is 0 Å². The number of imidazole rings is 1. The first-order chi connectivity index (χ1) is 9.11. The van der Waals surface area contributed by atoms with E-state index in [-0.39, 0.29) is 6.61 Å². The van der Waals surface area contributed by atoms with Crippen molar-refractivity contribution in [2.24, 2.45) is 0 Å². The van der Waals surface area contributed by atoms with E-state index in [0.29, 0.717) is 27.2 Å². The molecule has 3 atom stereocenters. The van der Waals surface area contributed by atoms with Crippen LogP contribution in [-0.4, -0.2) is 48.5 Å². The Labute approximate surface area is 121 Å². The van der Waals surface area contributed by atoms with Crippen LogP contribution in [0.1, 0.15) is 12.6 Å². The number of aromatic nitrogens is 4. The van der Waals surface area contributed by atoms with Gasteiger partial charge < -0.3 is 20.7 Å². The molecule has 4 N–H and O–H groups in total. The molecule has 19 heavy (non-hydrogen) atoms. The zero-order valence-electron chi connectivity index (χ0n) is 9.77. The second-order valence-corrected chi connectivity index (χ2v) is 5.26. The van der Waals surface area contributed by atoms with Gasteiger partial charge in [-0.1, -0.05) is 0 Å². The molecular formula is C10H12IN5O3. The molecule has 2 aromatic heterocycles. The topological polar surface area (TPSA) is 119 Å². The minimum Gasteiger partial charge on any atom is -0.394 e. The fraction of sp³-hybridized carbons (Fsp3) is 0.500. The molecule has 0 bridgehead atoms. The zero-order valence-corrected chi connectivity index (χ0v) is 11.9. The predicted octanol–water partition coefficient (Wildman–Crippen LogP) is -0.346. The van der Waals surface area contributed by atoms with Gasteiger partial charge in [0.1, 0.15) is 18.7 Å². The SMILES string of the molecule is Nc1ncnc2c1nc([123I])n2[C@H]1C[C@H](O)[C@@H](CO)O1. The van der Waals surface area contributed by atoms with Gasteiger partial charge in [-0.15, -0.1) is 0 Å². The van der Waals surface area contributed by atoms with E-state index in [1.54, 1.807) is 4.57 Å². The lowest BCUT2D eigenvalue weighted by atomic mass is 10.2. The molecule has 102 valence electrons. The number of anilines is 1. The van der Waals surface area contributed by atoms with E-state index in [4.69, 9.17) is 15.6 Å². The van der Waals surface area contributed by atoms with Gasteiger partial charge in [-0.3, -0.25) is 4.57 Å². The van der Waals surface area contributed by atoms with E-state index in [9.17, 15) is 5.11 Å². The highest BCUT2D eigenvalue weighted by molar-refractivity contribution is 14.1. The average molecular weight is 373 g/mol. The van der Waals surface area contributed by atoms with Crippen molar-refractivity contribution >= 4 is 39.6 Å². The standard InChI is InChI=1S/C10H12IN5O3/c11-10-15-7-8(12)13-3-14-9(7)16(10)6-1-4(18)5(2-17)19-6/h3-6,17-18H,1-2H2,(H2,12,13,14)/t4-,5+,6+/m0/s1/i11-4. The number of ether oxygens (including phenoxy) is 1. The van der Waals surface area contributed by atoms with Crippen molar-refractivity contribution in [2.75, 3.05) is 12.3 Å². The average Bonchev–Trinajstić information content (AvgIpc) is 2.90. The molecule has 1 aliphatic rings. The van der Waals surface area contributed by atoms with Crippen LogP contribution in [0.5, 0.6) is 0 Å². The highest BCUT2D eigenvalue weighted by atomic mass is 123. The number of nitrogen functional groups attached to an aromatic ring is 1. The summed E-state index contributed by atoms with van der Waals surface area (Å²) in [5, 5.41) is 18.9. The summed E-state index contributed by atoms with van der Waals surface area (Å²) in [6.45, 7) is -0.224.